The molecule has 0 aliphatic carbocycles. The van der Waals surface area contributed by atoms with E-state index in [9.17, 15) is 18.4 Å². The maximum Gasteiger partial charge on any atom is 0.338 e. The van der Waals surface area contributed by atoms with Crippen LogP contribution in [0.15, 0.2) is 30.6 Å². The first-order valence-corrected chi connectivity index (χ1v) is 5.46. The van der Waals surface area contributed by atoms with Crippen molar-refractivity contribution < 1.29 is 23.5 Å². The van der Waals surface area contributed by atoms with Gasteiger partial charge >= 0.3 is 5.97 Å². The van der Waals surface area contributed by atoms with E-state index in [0.717, 1.165) is 35.3 Å². The third-order valence-electron chi connectivity index (χ3n) is 2.39. The van der Waals surface area contributed by atoms with Crippen LogP contribution in [0.5, 0.6) is 0 Å². The number of nitrogens with one attached hydrogen (secondary N) is 1. The first-order valence-electron chi connectivity index (χ1n) is 5.46. The minimum atomic E-state index is -1.17. The van der Waals surface area contributed by atoms with Gasteiger partial charge in [-0.3, -0.25) is 9.48 Å². The second-order valence-corrected chi connectivity index (χ2v) is 3.90. The Balaban J connectivity index is 2.05. The van der Waals surface area contributed by atoms with Gasteiger partial charge in [-0.2, -0.15) is 5.10 Å². The van der Waals surface area contributed by atoms with Gasteiger partial charge in [-0.25, -0.2) is 13.6 Å². The number of carbonyl (C=O) groups is 2. The van der Waals surface area contributed by atoms with Crippen LogP contribution in [-0.4, -0.2) is 26.8 Å². The number of carboxylic acid groups (broad SMARTS) is 1. The second-order valence-electron chi connectivity index (χ2n) is 3.90. The van der Waals surface area contributed by atoms with Gasteiger partial charge in [0.1, 0.15) is 18.2 Å². The molecule has 2 N–H and O–H groups in total. The molecule has 0 saturated carbocycles. The van der Waals surface area contributed by atoms with E-state index in [1.807, 2.05) is 0 Å². The monoisotopic (exact) mass is 281 g/mol. The molecule has 1 aromatic carbocycles. The van der Waals surface area contributed by atoms with Crippen molar-refractivity contribution in [3.63, 3.8) is 0 Å². The molecule has 1 aromatic heterocycles. The number of aromatic nitrogens is 2. The molecule has 0 bridgehead atoms. The highest BCUT2D eigenvalue weighted by molar-refractivity contribution is 5.91. The number of hydrogen-bond acceptors (Lipinski definition) is 3. The van der Waals surface area contributed by atoms with Gasteiger partial charge < -0.3 is 10.4 Å². The number of aromatic carboxylic acids is 1. The molecule has 0 aliphatic heterocycles. The van der Waals surface area contributed by atoms with Crippen molar-refractivity contribution in [2.45, 2.75) is 6.54 Å². The topological polar surface area (TPSA) is 84.2 Å². The molecule has 104 valence electrons. The largest absolute Gasteiger partial charge is 0.478 e. The van der Waals surface area contributed by atoms with Crippen molar-refractivity contribution in [2.24, 2.45) is 0 Å². The molecule has 0 fully saturated rings. The summed E-state index contributed by atoms with van der Waals surface area (Å²) in [5.74, 6) is -3.29. The number of hydrogen-bond donors (Lipinski definition) is 2. The lowest BCUT2D eigenvalue weighted by Crippen LogP contribution is -2.19. The molecule has 0 radical (unpaired) electrons. The molecule has 2 rings (SSSR count). The number of amides is 1. The Labute approximate surface area is 111 Å². The average Bonchev–Trinajstić information content (AvgIpc) is 2.82. The molecule has 0 spiro atoms. The van der Waals surface area contributed by atoms with E-state index in [0.29, 0.717) is 0 Å². The molecule has 1 amide bonds. The summed E-state index contributed by atoms with van der Waals surface area (Å²) in [6.45, 7) is -0.316. The van der Waals surface area contributed by atoms with Gasteiger partial charge in [0.25, 0.3) is 0 Å². The Kier molecular flexibility index (Phi) is 3.74. The number of carbonyl (C=O) groups excluding carboxylic acids is 1. The van der Waals surface area contributed by atoms with Crippen LogP contribution in [0.3, 0.4) is 0 Å². The van der Waals surface area contributed by atoms with Gasteiger partial charge in [0.05, 0.1) is 17.4 Å². The predicted molar refractivity (Wildman–Crippen MR) is 64.2 cm³/mol. The minimum absolute atomic E-state index is 0.0743. The Hall–Kier alpha value is -2.77. The zero-order valence-corrected chi connectivity index (χ0v) is 10.0. The summed E-state index contributed by atoms with van der Waals surface area (Å²) in [6.07, 6.45) is 2.24. The Morgan fingerprint density at radius 2 is 2.10 bits per heavy atom. The van der Waals surface area contributed by atoms with Crippen LogP contribution in [0.4, 0.5) is 14.5 Å². The molecular formula is C12H9F2N3O3. The van der Waals surface area contributed by atoms with Crippen molar-refractivity contribution in [2.75, 3.05) is 5.32 Å². The number of nitrogens with zero attached hydrogens (tertiary/aromatic N) is 2. The number of anilines is 1. The van der Waals surface area contributed by atoms with Crippen molar-refractivity contribution in [1.82, 2.24) is 9.78 Å². The SMILES string of the molecule is O=C(Cn1cc(C(=O)O)cn1)Nc1cc(F)ccc1F. The van der Waals surface area contributed by atoms with Crippen LogP contribution in [0.25, 0.3) is 0 Å². The molecule has 2 aromatic rings. The van der Waals surface area contributed by atoms with E-state index < -0.39 is 23.5 Å². The zero-order chi connectivity index (χ0) is 14.7. The van der Waals surface area contributed by atoms with Crippen molar-refractivity contribution in [1.29, 1.82) is 0 Å². The normalized spacial score (nSPS) is 10.3. The van der Waals surface area contributed by atoms with E-state index in [2.05, 4.69) is 10.4 Å². The maximum atomic E-state index is 13.3. The fraction of sp³-hybridized carbons (Fsp3) is 0.0833. The summed E-state index contributed by atoms with van der Waals surface area (Å²) in [4.78, 5) is 22.2. The smallest absolute Gasteiger partial charge is 0.338 e. The number of carboxylic acids is 1. The molecule has 20 heavy (non-hydrogen) atoms. The first kappa shape index (κ1) is 13.7. The van der Waals surface area contributed by atoms with Crippen LogP contribution in [0.2, 0.25) is 0 Å². The zero-order valence-electron chi connectivity index (χ0n) is 10.0. The molecule has 0 saturated heterocycles. The molecule has 6 nitrogen and oxygen atoms in total. The van der Waals surface area contributed by atoms with E-state index in [1.165, 1.54) is 0 Å². The van der Waals surface area contributed by atoms with Gasteiger partial charge in [0.2, 0.25) is 5.91 Å². The summed E-state index contributed by atoms with van der Waals surface area (Å²) in [7, 11) is 0. The third kappa shape index (κ3) is 3.16. The lowest BCUT2D eigenvalue weighted by molar-refractivity contribution is -0.116. The van der Waals surface area contributed by atoms with E-state index in [4.69, 9.17) is 5.11 Å². The molecule has 0 unspecified atom stereocenters. The van der Waals surface area contributed by atoms with Crippen molar-refractivity contribution >= 4 is 17.6 Å². The molecule has 0 aliphatic rings. The van der Waals surface area contributed by atoms with Crippen LogP contribution in [-0.2, 0) is 11.3 Å². The summed E-state index contributed by atoms with van der Waals surface area (Å²) < 4.78 is 27.3. The highest BCUT2D eigenvalue weighted by Crippen LogP contribution is 2.15. The van der Waals surface area contributed by atoms with Gasteiger partial charge in [0, 0.05) is 12.3 Å². The average molecular weight is 281 g/mol. The fourth-order valence-electron chi connectivity index (χ4n) is 1.49. The van der Waals surface area contributed by atoms with Crippen molar-refractivity contribution in [3.05, 3.63) is 47.8 Å². The van der Waals surface area contributed by atoms with Gasteiger partial charge in [-0.15, -0.1) is 0 Å². The number of rotatable bonds is 4. The molecule has 8 heteroatoms. The Morgan fingerprint density at radius 3 is 2.75 bits per heavy atom. The molecule has 0 atom stereocenters. The quantitative estimate of drug-likeness (QED) is 0.889. The number of benzene rings is 1. The second kappa shape index (κ2) is 5.47. The van der Waals surface area contributed by atoms with Crippen LogP contribution in [0, 0.1) is 11.6 Å². The molecule has 1 heterocycles. The van der Waals surface area contributed by atoms with Crippen LogP contribution in [0.1, 0.15) is 10.4 Å². The standard InChI is InChI=1S/C12H9F2N3O3/c13-8-1-2-9(14)10(3-8)16-11(18)6-17-5-7(4-15-17)12(19)20/h1-5H,6H2,(H,16,18)(H,19,20). The third-order valence-corrected chi connectivity index (χ3v) is 2.39. The van der Waals surface area contributed by atoms with Gasteiger partial charge in [0.15, 0.2) is 0 Å². The summed E-state index contributed by atoms with van der Waals surface area (Å²) in [5, 5.41) is 14.5. The molecular weight excluding hydrogens is 272 g/mol. The Bertz CT molecular complexity index is 670. The van der Waals surface area contributed by atoms with E-state index in [1.54, 1.807) is 0 Å². The number of halogens is 2. The highest BCUT2D eigenvalue weighted by Gasteiger charge is 2.11. The van der Waals surface area contributed by atoms with Crippen LogP contribution >= 0.6 is 0 Å². The lowest BCUT2D eigenvalue weighted by Gasteiger charge is -2.06. The highest BCUT2D eigenvalue weighted by atomic mass is 19.1. The van der Waals surface area contributed by atoms with Crippen molar-refractivity contribution in [3.8, 4) is 0 Å². The minimum Gasteiger partial charge on any atom is -0.478 e. The van der Waals surface area contributed by atoms with E-state index >= 15 is 0 Å². The van der Waals surface area contributed by atoms with Crippen LogP contribution < -0.4 is 5.32 Å². The van der Waals surface area contributed by atoms with E-state index in [-0.39, 0.29) is 17.8 Å². The van der Waals surface area contributed by atoms with Gasteiger partial charge in [-0.05, 0) is 12.1 Å². The summed E-state index contributed by atoms with van der Waals surface area (Å²) in [5.41, 5.74) is -0.365. The predicted octanol–water partition coefficient (Wildman–Crippen LogP) is 1.50. The lowest BCUT2D eigenvalue weighted by atomic mass is 10.3. The summed E-state index contributed by atoms with van der Waals surface area (Å²) >= 11 is 0. The summed E-state index contributed by atoms with van der Waals surface area (Å²) in [6, 6.07) is 2.66. The van der Waals surface area contributed by atoms with Gasteiger partial charge in [-0.1, -0.05) is 0 Å². The first-order chi connectivity index (χ1) is 9.45. The Morgan fingerprint density at radius 1 is 1.35 bits per heavy atom. The maximum absolute atomic E-state index is 13.3. The fourth-order valence-corrected chi connectivity index (χ4v) is 1.49.